The van der Waals surface area contributed by atoms with Crippen molar-refractivity contribution in [1.29, 1.82) is 0 Å². The summed E-state index contributed by atoms with van der Waals surface area (Å²) in [5.74, 6) is 3.51. The molecule has 4 atom stereocenters. The van der Waals surface area contributed by atoms with Crippen molar-refractivity contribution >= 4 is 11.8 Å². The molecule has 1 aromatic rings. The third-order valence-corrected chi connectivity index (χ3v) is 8.46. The van der Waals surface area contributed by atoms with Gasteiger partial charge in [-0.2, -0.15) is 0 Å². The van der Waals surface area contributed by atoms with Gasteiger partial charge in [0.15, 0.2) is 11.5 Å². The molecular weight excluding hydrogens is 404 g/mol. The van der Waals surface area contributed by atoms with E-state index < -0.39 is 0 Å². The van der Waals surface area contributed by atoms with Gasteiger partial charge < -0.3 is 20.1 Å². The van der Waals surface area contributed by atoms with Crippen LogP contribution in [0.1, 0.15) is 50.5 Å². The molecule has 2 amide bonds. The van der Waals surface area contributed by atoms with E-state index in [1.165, 1.54) is 19.3 Å². The molecule has 0 radical (unpaired) electrons. The number of benzene rings is 1. The molecule has 0 aromatic heterocycles. The first-order chi connectivity index (χ1) is 15.5. The van der Waals surface area contributed by atoms with Gasteiger partial charge in [-0.05, 0) is 79.4 Å². The first kappa shape index (κ1) is 21.4. The van der Waals surface area contributed by atoms with E-state index in [0.717, 1.165) is 24.4 Å². The Balaban J connectivity index is 1.18. The number of hydrogen-bond donors (Lipinski definition) is 2. The van der Waals surface area contributed by atoms with Crippen LogP contribution >= 0.6 is 0 Å². The molecule has 32 heavy (non-hydrogen) atoms. The average Bonchev–Trinajstić information content (AvgIpc) is 3.33. The second-order valence-electron chi connectivity index (χ2n) is 10.2. The van der Waals surface area contributed by atoms with Gasteiger partial charge in [0.05, 0.1) is 14.2 Å². The summed E-state index contributed by atoms with van der Waals surface area (Å²) in [6.07, 6.45) is 11.8. The van der Waals surface area contributed by atoms with Crippen LogP contribution in [0.15, 0.2) is 30.4 Å². The molecule has 1 saturated heterocycles. The highest BCUT2D eigenvalue weighted by Crippen LogP contribution is 2.69. The van der Waals surface area contributed by atoms with Gasteiger partial charge in [-0.3, -0.25) is 9.59 Å². The molecule has 2 saturated carbocycles. The van der Waals surface area contributed by atoms with Crippen molar-refractivity contribution in [3.05, 3.63) is 35.9 Å². The van der Waals surface area contributed by atoms with Crippen LogP contribution < -0.4 is 20.1 Å². The van der Waals surface area contributed by atoms with Crippen LogP contribution in [0.3, 0.4) is 0 Å². The summed E-state index contributed by atoms with van der Waals surface area (Å²) in [6, 6.07) is 5.85. The number of hydrogen-bond acceptors (Lipinski definition) is 4. The summed E-state index contributed by atoms with van der Waals surface area (Å²) >= 11 is 0. The Morgan fingerprint density at radius 1 is 1.16 bits per heavy atom. The summed E-state index contributed by atoms with van der Waals surface area (Å²) in [7, 11) is 3.24. The molecule has 6 heteroatoms. The summed E-state index contributed by atoms with van der Waals surface area (Å²) in [5.41, 5.74) is 1.24. The molecule has 1 aromatic carbocycles. The zero-order chi connectivity index (χ0) is 22.3. The maximum Gasteiger partial charge on any atom is 0.220 e. The van der Waals surface area contributed by atoms with E-state index in [9.17, 15) is 9.59 Å². The largest absolute Gasteiger partial charge is 0.493 e. The second kappa shape index (κ2) is 8.13. The van der Waals surface area contributed by atoms with Crippen LogP contribution in [0.2, 0.25) is 0 Å². The highest BCUT2D eigenvalue weighted by atomic mass is 16.5. The smallest absolute Gasteiger partial charge is 0.220 e. The number of nitrogens with one attached hydrogen (secondary N) is 2. The third-order valence-electron chi connectivity index (χ3n) is 8.46. The fourth-order valence-corrected chi connectivity index (χ4v) is 6.61. The lowest BCUT2D eigenvalue weighted by Crippen LogP contribution is -2.44. The van der Waals surface area contributed by atoms with E-state index in [-0.39, 0.29) is 17.4 Å². The van der Waals surface area contributed by atoms with Crippen molar-refractivity contribution in [2.75, 3.05) is 20.8 Å². The predicted octanol–water partition coefficient (Wildman–Crippen LogP) is 3.39. The number of carbonyl (C=O) groups excluding carboxylic acids is 2. The zero-order valence-electron chi connectivity index (χ0n) is 19.1. The molecular formula is C26H34N2O4. The summed E-state index contributed by atoms with van der Waals surface area (Å²) < 4.78 is 10.8. The number of methoxy groups -OCH3 is 2. The minimum Gasteiger partial charge on any atom is -0.493 e. The summed E-state index contributed by atoms with van der Waals surface area (Å²) in [4.78, 5) is 24.8. The normalized spacial score (nSPS) is 31.1. The Hall–Kier alpha value is -2.50. The van der Waals surface area contributed by atoms with Crippen LogP contribution in [0.4, 0.5) is 0 Å². The van der Waals surface area contributed by atoms with Gasteiger partial charge in [-0.25, -0.2) is 0 Å². The minimum absolute atomic E-state index is 0.0642. The molecule has 3 fully saturated rings. The Morgan fingerprint density at radius 2 is 1.97 bits per heavy atom. The van der Waals surface area contributed by atoms with Crippen molar-refractivity contribution in [1.82, 2.24) is 10.6 Å². The lowest BCUT2D eigenvalue weighted by atomic mass is 9.84. The monoisotopic (exact) mass is 438 g/mol. The SMILES string of the molecule is COc1ccc(C[C@@]2(CCC(=O)NC[C@H]3C[C@@H]4C=C[C@@H]3C43CC3)CCC(=O)N2)cc1OC. The van der Waals surface area contributed by atoms with E-state index >= 15 is 0 Å². The van der Waals surface area contributed by atoms with Crippen molar-refractivity contribution in [3.8, 4) is 11.5 Å². The molecule has 1 heterocycles. The van der Waals surface area contributed by atoms with Gasteiger partial charge in [0.2, 0.25) is 11.8 Å². The molecule has 1 aliphatic heterocycles. The molecule has 1 spiro atoms. The summed E-state index contributed by atoms with van der Waals surface area (Å²) in [6.45, 7) is 0.779. The lowest BCUT2D eigenvalue weighted by molar-refractivity contribution is -0.123. The van der Waals surface area contributed by atoms with Crippen LogP contribution in [0.5, 0.6) is 11.5 Å². The number of ether oxygens (including phenoxy) is 2. The van der Waals surface area contributed by atoms with E-state index in [1.54, 1.807) is 14.2 Å². The van der Waals surface area contributed by atoms with Gasteiger partial charge in [0.1, 0.15) is 0 Å². The molecule has 3 aliphatic carbocycles. The summed E-state index contributed by atoms with van der Waals surface area (Å²) in [5, 5.41) is 6.38. The Bertz CT molecular complexity index is 938. The van der Waals surface area contributed by atoms with E-state index in [1.807, 2.05) is 18.2 Å². The maximum absolute atomic E-state index is 12.7. The zero-order valence-corrected chi connectivity index (χ0v) is 19.1. The molecule has 172 valence electrons. The van der Waals surface area contributed by atoms with Gasteiger partial charge in [0, 0.05) is 24.9 Å². The lowest BCUT2D eigenvalue weighted by Gasteiger charge is -2.30. The van der Waals surface area contributed by atoms with E-state index in [4.69, 9.17) is 9.47 Å². The van der Waals surface area contributed by atoms with E-state index in [2.05, 4.69) is 22.8 Å². The van der Waals surface area contributed by atoms with Crippen molar-refractivity contribution < 1.29 is 19.1 Å². The molecule has 2 bridgehead atoms. The maximum atomic E-state index is 12.7. The van der Waals surface area contributed by atoms with Gasteiger partial charge in [0.25, 0.3) is 0 Å². The Labute approximate surface area is 190 Å². The highest BCUT2D eigenvalue weighted by molar-refractivity contribution is 5.80. The highest BCUT2D eigenvalue weighted by Gasteiger charge is 2.62. The van der Waals surface area contributed by atoms with Crippen LogP contribution in [-0.2, 0) is 16.0 Å². The van der Waals surface area contributed by atoms with E-state index in [0.29, 0.717) is 54.4 Å². The van der Waals surface area contributed by atoms with Gasteiger partial charge in [-0.1, -0.05) is 18.2 Å². The third kappa shape index (κ3) is 3.78. The first-order valence-electron chi connectivity index (χ1n) is 11.9. The second-order valence-corrected chi connectivity index (χ2v) is 10.2. The Kier molecular flexibility index (Phi) is 5.42. The quantitative estimate of drug-likeness (QED) is 0.580. The number of allylic oxidation sites excluding steroid dienone is 2. The topological polar surface area (TPSA) is 76.7 Å². The van der Waals surface area contributed by atoms with Gasteiger partial charge >= 0.3 is 0 Å². The molecule has 5 rings (SSSR count). The van der Waals surface area contributed by atoms with Crippen LogP contribution in [0.25, 0.3) is 0 Å². The number of amides is 2. The van der Waals surface area contributed by atoms with Crippen LogP contribution in [0, 0.1) is 23.2 Å². The number of carbonyl (C=O) groups is 2. The Morgan fingerprint density at radius 3 is 2.62 bits per heavy atom. The van der Waals surface area contributed by atoms with Crippen molar-refractivity contribution in [2.24, 2.45) is 23.2 Å². The molecule has 6 nitrogen and oxygen atoms in total. The average molecular weight is 439 g/mol. The number of rotatable bonds is 9. The predicted molar refractivity (Wildman–Crippen MR) is 121 cm³/mol. The minimum atomic E-state index is -0.388. The van der Waals surface area contributed by atoms with Crippen molar-refractivity contribution in [3.63, 3.8) is 0 Å². The first-order valence-corrected chi connectivity index (χ1v) is 11.9. The van der Waals surface area contributed by atoms with Gasteiger partial charge in [-0.15, -0.1) is 0 Å². The fraction of sp³-hybridized carbons (Fsp3) is 0.615. The fourth-order valence-electron chi connectivity index (χ4n) is 6.61. The molecule has 2 N–H and O–H groups in total. The molecule has 4 aliphatic rings. The molecule has 0 unspecified atom stereocenters. The van der Waals surface area contributed by atoms with Crippen molar-refractivity contribution in [2.45, 2.75) is 56.9 Å². The standard InChI is InChI=1S/C26H34N2O4/c1-31-21-6-3-17(13-22(21)32-2)15-25(10-8-24(30)28-25)9-7-23(29)27-16-18-14-19-4-5-20(18)26(19)11-12-26/h3-6,13,18-20H,7-12,14-16H2,1-2H3,(H,27,29)(H,28,30)/t18-,19+,20+,25-/m1/s1. The van der Waals surface area contributed by atoms with Crippen LogP contribution in [-0.4, -0.2) is 38.1 Å².